The Kier molecular flexibility index (Phi) is 6.04. The van der Waals surface area contributed by atoms with Crippen LogP contribution >= 0.6 is 11.6 Å². The van der Waals surface area contributed by atoms with Crippen LogP contribution in [0.5, 0.6) is 5.75 Å². The first-order valence-electron chi connectivity index (χ1n) is 6.92. The van der Waals surface area contributed by atoms with Gasteiger partial charge < -0.3 is 14.8 Å². The number of rotatable bonds is 5. The second kappa shape index (κ2) is 8.05. The number of nitrogens with one attached hydrogen (secondary N) is 1. The van der Waals surface area contributed by atoms with Gasteiger partial charge >= 0.3 is 12.3 Å². The van der Waals surface area contributed by atoms with Crippen molar-refractivity contribution in [1.29, 1.82) is 0 Å². The fourth-order valence-corrected chi connectivity index (χ4v) is 1.94. The zero-order valence-electron chi connectivity index (χ0n) is 12.8. The molecule has 0 aromatic heterocycles. The lowest BCUT2D eigenvalue weighted by molar-refractivity contribution is -0.274. The zero-order chi connectivity index (χ0) is 19.3. The number of anilines is 1. The van der Waals surface area contributed by atoms with Gasteiger partial charge in [0.1, 0.15) is 11.6 Å². The summed E-state index contributed by atoms with van der Waals surface area (Å²) in [6, 6.07) is 7.52. The van der Waals surface area contributed by atoms with Gasteiger partial charge in [0.05, 0.1) is 11.3 Å². The van der Waals surface area contributed by atoms with E-state index in [1.54, 1.807) is 0 Å². The van der Waals surface area contributed by atoms with Crippen LogP contribution in [0, 0.1) is 5.82 Å². The average molecular weight is 392 g/mol. The summed E-state index contributed by atoms with van der Waals surface area (Å²) in [5.41, 5.74) is -0.242. The molecule has 26 heavy (non-hydrogen) atoms. The molecule has 0 fully saturated rings. The molecule has 0 aliphatic carbocycles. The van der Waals surface area contributed by atoms with Crippen LogP contribution in [0.15, 0.2) is 42.5 Å². The van der Waals surface area contributed by atoms with E-state index in [9.17, 15) is 27.2 Å². The Morgan fingerprint density at radius 3 is 2.31 bits per heavy atom. The lowest BCUT2D eigenvalue weighted by Crippen LogP contribution is -2.21. The Balaban J connectivity index is 1.88. The normalized spacial score (nSPS) is 11.0. The van der Waals surface area contributed by atoms with Crippen LogP contribution in [-0.4, -0.2) is 24.8 Å². The first kappa shape index (κ1) is 19.5. The maximum absolute atomic E-state index is 13.5. The minimum Gasteiger partial charge on any atom is -0.452 e. The van der Waals surface area contributed by atoms with Crippen LogP contribution < -0.4 is 10.1 Å². The van der Waals surface area contributed by atoms with E-state index in [2.05, 4.69) is 10.1 Å². The molecule has 2 aromatic rings. The van der Waals surface area contributed by atoms with E-state index in [1.807, 2.05) is 0 Å². The van der Waals surface area contributed by atoms with E-state index in [4.69, 9.17) is 16.3 Å². The monoisotopic (exact) mass is 391 g/mol. The summed E-state index contributed by atoms with van der Waals surface area (Å²) < 4.78 is 58.0. The molecule has 0 aliphatic heterocycles. The summed E-state index contributed by atoms with van der Waals surface area (Å²) in [4.78, 5) is 23.4. The maximum atomic E-state index is 13.5. The summed E-state index contributed by atoms with van der Waals surface area (Å²) in [5.74, 6) is -3.03. The number of benzene rings is 2. The summed E-state index contributed by atoms with van der Waals surface area (Å²) in [7, 11) is 0. The third kappa shape index (κ3) is 5.92. The number of hydrogen-bond acceptors (Lipinski definition) is 4. The van der Waals surface area contributed by atoms with Crippen LogP contribution in [0.1, 0.15) is 10.4 Å². The van der Waals surface area contributed by atoms with Crippen LogP contribution in [-0.2, 0) is 9.53 Å². The number of carbonyl (C=O) groups is 2. The molecule has 5 nitrogen and oxygen atoms in total. The molecule has 0 saturated heterocycles. The molecule has 0 spiro atoms. The van der Waals surface area contributed by atoms with Gasteiger partial charge in [-0.2, -0.15) is 0 Å². The number of halogens is 5. The smallest absolute Gasteiger partial charge is 0.452 e. The Morgan fingerprint density at radius 2 is 1.73 bits per heavy atom. The molecular weight excluding hydrogens is 382 g/mol. The van der Waals surface area contributed by atoms with E-state index in [0.29, 0.717) is 0 Å². The zero-order valence-corrected chi connectivity index (χ0v) is 13.5. The van der Waals surface area contributed by atoms with Crippen molar-refractivity contribution in [3.05, 3.63) is 58.9 Å². The molecule has 0 aliphatic rings. The van der Waals surface area contributed by atoms with Gasteiger partial charge in [-0.3, -0.25) is 4.79 Å². The molecule has 0 heterocycles. The quantitative estimate of drug-likeness (QED) is 0.613. The minimum absolute atomic E-state index is 0.0926. The van der Waals surface area contributed by atoms with Crippen molar-refractivity contribution in [3.8, 4) is 5.75 Å². The number of hydrogen-bond donors (Lipinski definition) is 1. The molecule has 2 rings (SSSR count). The van der Waals surface area contributed by atoms with Gasteiger partial charge in [0.25, 0.3) is 5.91 Å². The Hall–Kier alpha value is -2.81. The Labute approximate surface area is 149 Å². The molecule has 0 unspecified atom stereocenters. The Bertz CT molecular complexity index is 809. The van der Waals surface area contributed by atoms with Crippen LogP contribution in [0.25, 0.3) is 0 Å². The molecular formula is C16H10ClF4NO4. The van der Waals surface area contributed by atoms with Crippen molar-refractivity contribution < 1.29 is 36.6 Å². The number of amides is 1. The fourth-order valence-electron chi connectivity index (χ4n) is 1.78. The highest BCUT2D eigenvalue weighted by molar-refractivity contribution is 6.30. The topological polar surface area (TPSA) is 64.6 Å². The van der Waals surface area contributed by atoms with E-state index < -0.39 is 36.4 Å². The molecule has 10 heteroatoms. The first-order valence-corrected chi connectivity index (χ1v) is 7.30. The molecule has 2 aromatic carbocycles. The number of esters is 1. The van der Waals surface area contributed by atoms with Crippen LogP contribution in [0.4, 0.5) is 23.2 Å². The van der Waals surface area contributed by atoms with Crippen molar-refractivity contribution in [1.82, 2.24) is 0 Å². The van der Waals surface area contributed by atoms with Crippen molar-refractivity contribution in [2.24, 2.45) is 0 Å². The molecule has 0 bridgehead atoms. The fraction of sp³-hybridized carbons (Fsp3) is 0.125. The molecule has 138 valence electrons. The van der Waals surface area contributed by atoms with Gasteiger partial charge in [-0.15, -0.1) is 13.2 Å². The van der Waals surface area contributed by atoms with Crippen molar-refractivity contribution >= 4 is 29.2 Å². The van der Waals surface area contributed by atoms with Crippen LogP contribution in [0.2, 0.25) is 5.02 Å². The van der Waals surface area contributed by atoms with Crippen molar-refractivity contribution in [2.75, 3.05) is 11.9 Å². The Morgan fingerprint density at radius 1 is 1.08 bits per heavy atom. The van der Waals surface area contributed by atoms with E-state index in [1.165, 1.54) is 12.1 Å². The van der Waals surface area contributed by atoms with E-state index >= 15 is 0 Å². The summed E-state index contributed by atoms with van der Waals surface area (Å²) >= 11 is 5.58. The second-order valence-corrected chi connectivity index (χ2v) is 5.26. The number of alkyl halides is 3. The lowest BCUT2D eigenvalue weighted by atomic mass is 10.2. The highest BCUT2D eigenvalue weighted by Gasteiger charge is 2.31. The van der Waals surface area contributed by atoms with Gasteiger partial charge in [0.15, 0.2) is 6.61 Å². The standard InChI is InChI=1S/C16H10ClF4NO4/c17-10-3-6-13(12(18)7-10)22-14(23)8-25-15(24)9-1-4-11(5-2-9)26-16(19,20)21/h1-7H,8H2,(H,22,23). The minimum atomic E-state index is -4.85. The van der Waals surface area contributed by atoms with Gasteiger partial charge in [-0.1, -0.05) is 11.6 Å². The van der Waals surface area contributed by atoms with E-state index in [0.717, 1.165) is 30.3 Å². The molecule has 1 N–H and O–H groups in total. The predicted octanol–water partition coefficient (Wildman–Crippen LogP) is 4.17. The largest absolute Gasteiger partial charge is 0.573 e. The summed E-state index contributed by atoms with van der Waals surface area (Å²) in [6.07, 6.45) is -4.85. The molecule has 1 amide bonds. The number of carbonyl (C=O) groups excluding carboxylic acids is 2. The molecule has 0 radical (unpaired) electrons. The van der Waals surface area contributed by atoms with Crippen LogP contribution in [0.3, 0.4) is 0 Å². The third-order valence-electron chi connectivity index (χ3n) is 2.86. The second-order valence-electron chi connectivity index (χ2n) is 4.82. The first-order chi connectivity index (χ1) is 12.1. The van der Waals surface area contributed by atoms with Gasteiger partial charge in [0, 0.05) is 5.02 Å². The van der Waals surface area contributed by atoms with Gasteiger partial charge in [-0.05, 0) is 42.5 Å². The van der Waals surface area contributed by atoms with Gasteiger partial charge in [-0.25, -0.2) is 9.18 Å². The average Bonchev–Trinajstić information content (AvgIpc) is 2.54. The van der Waals surface area contributed by atoms with E-state index in [-0.39, 0.29) is 16.3 Å². The highest BCUT2D eigenvalue weighted by atomic mass is 35.5. The van der Waals surface area contributed by atoms with Crippen molar-refractivity contribution in [3.63, 3.8) is 0 Å². The van der Waals surface area contributed by atoms with Gasteiger partial charge in [0.2, 0.25) is 0 Å². The maximum Gasteiger partial charge on any atom is 0.573 e. The molecule has 0 saturated carbocycles. The third-order valence-corrected chi connectivity index (χ3v) is 3.10. The molecule has 0 atom stereocenters. The lowest BCUT2D eigenvalue weighted by Gasteiger charge is -2.09. The van der Waals surface area contributed by atoms with Crippen molar-refractivity contribution in [2.45, 2.75) is 6.36 Å². The SMILES string of the molecule is O=C(COC(=O)c1ccc(OC(F)(F)F)cc1)Nc1ccc(Cl)cc1F. The number of ether oxygens (including phenoxy) is 2. The summed E-state index contributed by atoms with van der Waals surface area (Å²) in [6.45, 7) is -0.721. The summed E-state index contributed by atoms with van der Waals surface area (Å²) in [5, 5.41) is 2.33. The highest BCUT2D eigenvalue weighted by Crippen LogP contribution is 2.23. The predicted molar refractivity (Wildman–Crippen MR) is 83.4 cm³/mol.